The third-order valence-corrected chi connectivity index (χ3v) is 3.32. The summed E-state index contributed by atoms with van der Waals surface area (Å²) >= 11 is 5.71. The molecule has 106 valence electrons. The minimum atomic E-state index is -0.269. The number of benzene rings is 2. The van der Waals surface area contributed by atoms with E-state index in [1.54, 1.807) is 19.2 Å². The van der Waals surface area contributed by atoms with Crippen LogP contribution in [0, 0.1) is 5.82 Å². The zero-order valence-electron chi connectivity index (χ0n) is 11.3. The first-order valence-electron chi connectivity index (χ1n) is 6.46. The van der Waals surface area contributed by atoms with Gasteiger partial charge in [0.2, 0.25) is 0 Å². The van der Waals surface area contributed by atoms with Crippen molar-refractivity contribution in [1.29, 1.82) is 0 Å². The Bertz CT molecular complexity index is 557. The Kier molecular flexibility index (Phi) is 5.39. The number of hydrogen-bond donors (Lipinski definition) is 1. The maximum atomic E-state index is 13.5. The van der Waals surface area contributed by atoms with Gasteiger partial charge in [0.15, 0.2) is 0 Å². The zero-order chi connectivity index (χ0) is 14.4. The van der Waals surface area contributed by atoms with Gasteiger partial charge in [0.05, 0.1) is 7.11 Å². The molecule has 4 heteroatoms. The summed E-state index contributed by atoms with van der Waals surface area (Å²) in [7, 11) is 1.65. The molecule has 0 aromatic heterocycles. The predicted molar refractivity (Wildman–Crippen MR) is 79.8 cm³/mol. The number of halogens is 2. The number of methoxy groups -OCH3 is 1. The lowest BCUT2D eigenvalue weighted by atomic mass is 10.1. The fourth-order valence-corrected chi connectivity index (χ4v) is 2.07. The number of hydrogen-bond acceptors (Lipinski definition) is 2. The van der Waals surface area contributed by atoms with Crippen molar-refractivity contribution in [2.45, 2.75) is 13.0 Å². The Morgan fingerprint density at radius 1 is 1.15 bits per heavy atom. The van der Waals surface area contributed by atoms with Crippen molar-refractivity contribution in [2.75, 3.05) is 13.7 Å². The average Bonchev–Trinajstić information content (AvgIpc) is 2.46. The molecule has 0 atom stereocenters. The Labute approximate surface area is 123 Å². The molecule has 0 bridgehead atoms. The second kappa shape index (κ2) is 7.27. The number of rotatable bonds is 6. The number of ether oxygens (including phenoxy) is 1. The van der Waals surface area contributed by atoms with Crippen molar-refractivity contribution in [2.24, 2.45) is 0 Å². The van der Waals surface area contributed by atoms with Crippen LogP contribution >= 0.6 is 11.6 Å². The third kappa shape index (κ3) is 4.22. The minimum absolute atomic E-state index is 0.269. The maximum Gasteiger partial charge on any atom is 0.129 e. The zero-order valence-corrected chi connectivity index (χ0v) is 12.1. The van der Waals surface area contributed by atoms with Crippen LogP contribution < -0.4 is 10.1 Å². The molecule has 0 aliphatic rings. The summed E-state index contributed by atoms with van der Waals surface area (Å²) in [5.41, 5.74) is 1.85. The van der Waals surface area contributed by atoms with Crippen molar-refractivity contribution < 1.29 is 9.13 Å². The second-order valence-corrected chi connectivity index (χ2v) is 4.95. The van der Waals surface area contributed by atoms with Gasteiger partial charge >= 0.3 is 0 Å². The van der Waals surface area contributed by atoms with E-state index in [1.165, 1.54) is 11.6 Å². The molecule has 2 aromatic carbocycles. The first kappa shape index (κ1) is 14.8. The highest BCUT2D eigenvalue weighted by molar-refractivity contribution is 6.30. The smallest absolute Gasteiger partial charge is 0.129 e. The molecule has 0 aliphatic heterocycles. The van der Waals surface area contributed by atoms with Crippen LogP contribution in [0.15, 0.2) is 42.5 Å². The predicted octanol–water partition coefficient (Wildman–Crippen LogP) is 3.82. The molecule has 0 unspecified atom stereocenters. The fraction of sp³-hybridized carbons (Fsp3) is 0.250. The van der Waals surface area contributed by atoms with E-state index in [-0.39, 0.29) is 5.82 Å². The summed E-state index contributed by atoms with van der Waals surface area (Å²) in [5.74, 6) is 0.583. The highest BCUT2D eigenvalue weighted by Gasteiger charge is 2.02. The first-order valence-corrected chi connectivity index (χ1v) is 6.84. The second-order valence-electron chi connectivity index (χ2n) is 4.51. The molecular weight excluding hydrogens is 277 g/mol. The van der Waals surface area contributed by atoms with Gasteiger partial charge in [0.1, 0.15) is 11.6 Å². The van der Waals surface area contributed by atoms with Gasteiger partial charge in [-0.05, 0) is 42.8 Å². The van der Waals surface area contributed by atoms with Crippen LogP contribution in [0.3, 0.4) is 0 Å². The Morgan fingerprint density at radius 3 is 2.55 bits per heavy atom. The van der Waals surface area contributed by atoms with Crippen LogP contribution in [-0.4, -0.2) is 13.7 Å². The van der Waals surface area contributed by atoms with Crippen molar-refractivity contribution >= 4 is 11.6 Å². The summed E-state index contributed by atoms with van der Waals surface area (Å²) in [6.45, 7) is 1.29. The van der Waals surface area contributed by atoms with Crippen LogP contribution in [0.5, 0.6) is 5.75 Å². The van der Waals surface area contributed by atoms with Crippen molar-refractivity contribution in [1.82, 2.24) is 5.32 Å². The molecular formula is C16H17ClFNO. The molecule has 0 radical (unpaired) electrons. The summed E-state index contributed by atoms with van der Waals surface area (Å²) in [6, 6.07) is 12.7. The molecule has 1 N–H and O–H groups in total. The highest BCUT2D eigenvalue weighted by atomic mass is 35.5. The Morgan fingerprint density at radius 2 is 1.90 bits per heavy atom. The van der Waals surface area contributed by atoms with E-state index < -0.39 is 0 Å². The molecule has 0 spiro atoms. The van der Waals surface area contributed by atoms with E-state index in [1.807, 2.05) is 24.3 Å². The van der Waals surface area contributed by atoms with Gasteiger partial charge in [-0.2, -0.15) is 0 Å². The lowest BCUT2D eigenvalue weighted by Crippen LogP contribution is -2.17. The van der Waals surface area contributed by atoms with E-state index in [0.717, 1.165) is 18.7 Å². The van der Waals surface area contributed by atoms with Crippen LogP contribution in [0.2, 0.25) is 5.02 Å². The van der Waals surface area contributed by atoms with Gasteiger partial charge in [-0.15, -0.1) is 0 Å². The summed E-state index contributed by atoms with van der Waals surface area (Å²) in [4.78, 5) is 0. The van der Waals surface area contributed by atoms with E-state index in [9.17, 15) is 4.39 Å². The lowest BCUT2D eigenvalue weighted by Gasteiger charge is -2.07. The monoisotopic (exact) mass is 293 g/mol. The number of nitrogens with one attached hydrogen (secondary N) is 1. The lowest BCUT2D eigenvalue weighted by molar-refractivity contribution is 0.414. The molecule has 2 rings (SSSR count). The van der Waals surface area contributed by atoms with Gasteiger partial charge in [0, 0.05) is 17.1 Å². The Balaban J connectivity index is 1.78. The van der Waals surface area contributed by atoms with Crippen LogP contribution in [-0.2, 0) is 13.0 Å². The molecule has 0 heterocycles. The standard InChI is InChI=1S/C16H17ClFNO/c1-20-15-6-2-12(3-7-15)8-9-19-11-13-4-5-14(17)10-16(13)18/h2-7,10,19H,8-9,11H2,1H3. The van der Waals surface area contributed by atoms with E-state index in [2.05, 4.69) is 5.32 Å². The first-order chi connectivity index (χ1) is 9.69. The molecule has 0 saturated carbocycles. The van der Waals surface area contributed by atoms with E-state index >= 15 is 0 Å². The van der Waals surface area contributed by atoms with E-state index in [4.69, 9.17) is 16.3 Å². The van der Waals surface area contributed by atoms with Crippen LogP contribution in [0.1, 0.15) is 11.1 Å². The topological polar surface area (TPSA) is 21.3 Å². The SMILES string of the molecule is COc1ccc(CCNCc2ccc(Cl)cc2F)cc1. The van der Waals surface area contributed by atoms with Crippen molar-refractivity contribution in [3.8, 4) is 5.75 Å². The Hall–Kier alpha value is -1.58. The molecule has 2 aromatic rings. The minimum Gasteiger partial charge on any atom is -0.497 e. The van der Waals surface area contributed by atoms with Crippen LogP contribution in [0.25, 0.3) is 0 Å². The largest absolute Gasteiger partial charge is 0.497 e. The van der Waals surface area contributed by atoms with Gasteiger partial charge in [-0.25, -0.2) is 4.39 Å². The highest BCUT2D eigenvalue weighted by Crippen LogP contribution is 2.14. The third-order valence-electron chi connectivity index (χ3n) is 3.08. The summed E-state index contributed by atoms with van der Waals surface area (Å²) in [5, 5.41) is 3.65. The van der Waals surface area contributed by atoms with Gasteiger partial charge < -0.3 is 10.1 Å². The molecule has 0 amide bonds. The molecule has 2 nitrogen and oxygen atoms in total. The van der Waals surface area contributed by atoms with Crippen molar-refractivity contribution in [3.05, 3.63) is 64.4 Å². The molecule has 0 saturated heterocycles. The van der Waals surface area contributed by atoms with Crippen molar-refractivity contribution in [3.63, 3.8) is 0 Å². The molecule has 0 fully saturated rings. The van der Waals surface area contributed by atoms with E-state index in [0.29, 0.717) is 17.1 Å². The fourth-order valence-electron chi connectivity index (χ4n) is 1.91. The maximum absolute atomic E-state index is 13.5. The van der Waals surface area contributed by atoms with Gasteiger partial charge in [-0.1, -0.05) is 29.8 Å². The molecule has 20 heavy (non-hydrogen) atoms. The molecule has 0 aliphatic carbocycles. The normalized spacial score (nSPS) is 10.6. The van der Waals surface area contributed by atoms with Gasteiger partial charge in [-0.3, -0.25) is 0 Å². The summed E-state index contributed by atoms with van der Waals surface area (Å²) < 4.78 is 18.7. The average molecular weight is 294 g/mol. The quantitative estimate of drug-likeness (QED) is 0.818. The van der Waals surface area contributed by atoms with Gasteiger partial charge in [0.25, 0.3) is 0 Å². The summed E-state index contributed by atoms with van der Waals surface area (Å²) in [6.07, 6.45) is 0.888. The van der Waals surface area contributed by atoms with Crippen LogP contribution in [0.4, 0.5) is 4.39 Å².